The van der Waals surface area contributed by atoms with Gasteiger partial charge in [-0.1, -0.05) is 6.07 Å². The van der Waals surface area contributed by atoms with Gasteiger partial charge in [-0.3, -0.25) is 4.98 Å². The molecule has 0 unspecified atom stereocenters. The Kier molecular flexibility index (Phi) is 1.32. The molecule has 0 aliphatic rings. The fraction of sp³-hybridized carbons (Fsp3) is 0. The Morgan fingerprint density at radius 2 is 2.18 bits per heavy atom. The summed E-state index contributed by atoms with van der Waals surface area (Å²) in [5, 5.41) is 1.77. The first kappa shape index (κ1) is 6.28. The van der Waals surface area contributed by atoms with Crippen LogP contribution in [0.25, 0.3) is 10.8 Å². The summed E-state index contributed by atoms with van der Waals surface area (Å²) in [6.45, 7) is 0. The number of rotatable bonds is 0. The summed E-state index contributed by atoms with van der Waals surface area (Å²) in [5.41, 5.74) is 0. The van der Waals surface area contributed by atoms with Gasteiger partial charge < -0.3 is 0 Å². The third-order valence-corrected chi connectivity index (χ3v) is 1.55. The normalized spacial score (nSPS) is 10.3. The van der Waals surface area contributed by atoms with Gasteiger partial charge in [0.15, 0.2) is 0 Å². The van der Waals surface area contributed by atoms with Gasteiger partial charge in [-0.25, -0.2) is 4.39 Å². The van der Waals surface area contributed by atoms with Gasteiger partial charge in [0, 0.05) is 11.6 Å². The summed E-state index contributed by atoms with van der Waals surface area (Å²) < 4.78 is 12.6. The van der Waals surface area contributed by atoms with E-state index in [1.54, 1.807) is 18.3 Å². The topological polar surface area (TPSA) is 12.9 Å². The minimum Gasteiger partial charge on any atom is -0.254 e. The van der Waals surface area contributed by atoms with Gasteiger partial charge in [0.1, 0.15) is 5.82 Å². The van der Waals surface area contributed by atoms with E-state index in [-0.39, 0.29) is 5.82 Å². The number of pyridine rings is 1. The molecule has 0 saturated carbocycles. The third-order valence-electron chi connectivity index (χ3n) is 1.55. The van der Waals surface area contributed by atoms with Crippen LogP contribution in [0, 0.1) is 12.0 Å². The van der Waals surface area contributed by atoms with E-state index in [0.29, 0.717) is 0 Å². The van der Waals surface area contributed by atoms with Crippen molar-refractivity contribution < 1.29 is 4.39 Å². The van der Waals surface area contributed by atoms with E-state index in [0.717, 1.165) is 10.8 Å². The second-order valence-electron chi connectivity index (χ2n) is 2.30. The summed E-state index contributed by atoms with van der Waals surface area (Å²) in [4.78, 5) is 3.76. The van der Waals surface area contributed by atoms with Gasteiger partial charge >= 0.3 is 0 Å². The summed E-state index contributed by atoms with van der Waals surface area (Å²) in [6, 6.07) is 6.32. The zero-order chi connectivity index (χ0) is 7.68. The minimum atomic E-state index is -0.231. The van der Waals surface area contributed by atoms with Gasteiger partial charge in [0.25, 0.3) is 0 Å². The highest BCUT2D eigenvalue weighted by Crippen LogP contribution is 2.12. The van der Waals surface area contributed by atoms with Crippen LogP contribution in [0.15, 0.2) is 30.5 Å². The number of benzene rings is 1. The van der Waals surface area contributed by atoms with Crippen molar-refractivity contribution in [2.75, 3.05) is 0 Å². The highest BCUT2D eigenvalue weighted by molar-refractivity contribution is 5.81. The van der Waals surface area contributed by atoms with Crippen molar-refractivity contribution in [1.29, 1.82) is 0 Å². The monoisotopic (exact) mass is 146 g/mol. The summed E-state index contributed by atoms with van der Waals surface area (Å²) in [7, 11) is 0. The van der Waals surface area contributed by atoms with Gasteiger partial charge in [0.2, 0.25) is 0 Å². The largest absolute Gasteiger partial charge is 0.254 e. The molecule has 1 aromatic carbocycles. The molecule has 0 fully saturated rings. The lowest BCUT2D eigenvalue weighted by Gasteiger charge is -1.93. The predicted molar refractivity (Wildman–Crippen MR) is 40.5 cm³/mol. The molecule has 11 heavy (non-hydrogen) atoms. The molecule has 0 atom stereocenters. The lowest BCUT2D eigenvalue weighted by Crippen LogP contribution is -1.77. The first-order chi connectivity index (χ1) is 5.36. The molecule has 1 nitrogen and oxygen atoms in total. The fourth-order valence-corrected chi connectivity index (χ4v) is 1.00. The quantitative estimate of drug-likeness (QED) is 0.555. The molecule has 2 rings (SSSR count). The fourth-order valence-electron chi connectivity index (χ4n) is 1.00. The molecule has 1 heterocycles. The molecular formula is C9H5FN. The Labute approximate surface area is 63.5 Å². The number of nitrogens with zero attached hydrogens (tertiary/aromatic N) is 1. The molecule has 1 aromatic heterocycles. The zero-order valence-corrected chi connectivity index (χ0v) is 5.71. The molecule has 1 radical (unpaired) electrons. The van der Waals surface area contributed by atoms with E-state index in [1.165, 1.54) is 12.1 Å². The first-order valence-electron chi connectivity index (χ1n) is 3.27. The average molecular weight is 146 g/mol. The van der Waals surface area contributed by atoms with Crippen LogP contribution in [0.2, 0.25) is 0 Å². The Morgan fingerprint density at radius 1 is 1.27 bits per heavy atom. The van der Waals surface area contributed by atoms with E-state index < -0.39 is 0 Å². The Hall–Kier alpha value is -1.44. The van der Waals surface area contributed by atoms with Crippen molar-refractivity contribution in [1.82, 2.24) is 4.98 Å². The zero-order valence-electron chi connectivity index (χ0n) is 5.71. The predicted octanol–water partition coefficient (Wildman–Crippen LogP) is 2.17. The lowest BCUT2D eigenvalue weighted by atomic mass is 10.2. The Bertz CT molecular complexity index is 384. The molecule has 2 heteroatoms. The summed E-state index contributed by atoms with van der Waals surface area (Å²) >= 11 is 0. The molecule has 53 valence electrons. The molecule has 0 amide bonds. The van der Waals surface area contributed by atoms with E-state index in [2.05, 4.69) is 11.2 Å². The third kappa shape index (κ3) is 1.07. The van der Waals surface area contributed by atoms with Crippen molar-refractivity contribution in [3.8, 4) is 0 Å². The Morgan fingerprint density at radius 3 is 3.09 bits per heavy atom. The average Bonchev–Trinajstić information content (AvgIpc) is 2.04. The van der Waals surface area contributed by atoms with E-state index in [4.69, 9.17) is 0 Å². The van der Waals surface area contributed by atoms with Gasteiger partial charge in [-0.15, -0.1) is 0 Å². The molecule has 0 N–H and O–H groups in total. The maximum atomic E-state index is 12.6. The molecule has 2 aromatic rings. The number of halogens is 1. The van der Waals surface area contributed by atoms with Crippen LogP contribution in [-0.4, -0.2) is 4.98 Å². The maximum Gasteiger partial charge on any atom is 0.123 e. The van der Waals surface area contributed by atoms with Crippen molar-refractivity contribution in [3.05, 3.63) is 42.5 Å². The second-order valence-corrected chi connectivity index (χ2v) is 2.30. The maximum absolute atomic E-state index is 12.6. The molecular weight excluding hydrogens is 141 g/mol. The number of aromatic nitrogens is 1. The lowest BCUT2D eigenvalue weighted by molar-refractivity contribution is 0.629. The van der Waals surface area contributed by atoms with Gasteiger partial charge in [-0.05, 0) is 23.6 Å². The van der Waals surface area contributed by atoms with Crippen LogP contribution < -0.4 is 0 Å². The Balaban J connectivity index is 2.83. The molecule has 0 aliphatic heterocycles. The van der Waals surface area contributed by atoms with Crippen LogP contribution in [0.3, 0.4) is 0 Å². The van der Waals surface area contributed by atoms with Crippen LogP contribution in [0.1, 0.15) is 0 Å². The molecule has 0 spiro atoms. The number of hydrogen-bond acceptors (Lipinski definition) is 1. The standard InChI is InChI=1S/C9H5FN/c10-9-2-1-7-3-4-11-6-8(7)5-9/h1-3,5-6H. The van der Waals surface area contributed by atoms with Crippen LogP contribution in [0.5, 0.6) is 0 Å². The van der Waals surface area contributed by atoms with Crippen LogP contribution >= 0.6 is 0 Å². The van der Waals surface area contributed by atoms with Crippen molar-refractivity contribution >= 4 is 10.8 Å². The van der Waals surface area contributed by atoms with Crippen molar-refractivity contribution in [3.63, 3.8) is 0 Å². The smallest absolute Gasteiger partial charge is 0.123 e. The number of hydrogen-bond donors (Lipinski definition) is 0. The molecule has 0 bridgehead atoms. The highest BCUT2D eigenvalue weighted by Gasteiger charge is 1.93. The van der Waals surface area contributed by atoms with Gasteiger partial charge in [-0.2, -0.15) is 0 Å². The van der Waals surface area contributed by atoms with Crippen LogP contribution in [-0.2, 0) is 0 Å². The minimum absolute atomic E-state index is 0.231. The SMILES string of the molecule is Fc1ccc2c[c]ncc2c1. The summed E-state index contributed by atoms with van der Waals surface area (Å²) in [5.74, 6) is -0.231. The van der Waals surface area contributed by atoms with Crippen LogP contribution in [0.4, 0.5) is 4.39 Å². The molecule has 0 aliphatic carbocycles. The number of fused-ring (bicyclic) bond motifs is 1. The first-order valence-corrected chi connectivity index (χ1v) is 3.27. The highest BCUT2D eigenvalue weighted by atomic mass is 19.1. The van der Waals surface area contributed by atoms with E-state index in [1.807, 2.05) is 0 Å². The molecule has 0 saturated heterocycles. The van der Waals surface area contributed by atoms with E-state index in [9.17, 15) is 4.39 Å². The van der Waals surface area contributed by atoms with E-state index >= 15 is 0 Å². The second kappa shape index (κ2) is 2.31. The van der Waals surface area contributed by atoms with Crippen molar-refractivity contribution in [2.45, 2.75) is 0 Å². The summed E-state index contributed by atoms with van der Waals surface area (Å²) in [6.07, 6.45) is 4.28. The van der Waals surface area contributed by atoms with Gasteiger partial charge in [0.05, 0.1) is 6.20 Å². The van der Waals surface area contributed by atoms with Crippen molar-refractivity contribution in [2.24, 2.45) is 0 Å².